The highest BCUT2D eigenvalue weighted by molar-refractivity contribution is 5.98. The molecule has 28 heavy (non-hydrogen) atoms. The Labute approximate surface area is 161 Å². The van der Waals surface area contributed by atoms with Crippen LogP contribution in [0.5, 0.6) is 11.5 Å². The standard InChI is InChI=1S/C19H20N2O7/c1-4-27-15-8-5-13(6-9-15)19(23)28-12(2)18(22)20-16-11-14(21(24)25)7-10-17(16)26-3/h5-12H,4H2,1-3H3,(H,20,22)/t12-/m0/s1. The van der Waals surface area contributed by atoms with Gasteiger partial charge in [-0.25, -0.2) is 4.79 Å². The average Bonchev–Trinajstić information content (AvgIpc) is 2.68. The first-order chi connectivity index (χ1) is 13.3. The number of hydrogen-bond acceptors (Lipinski definition) is 7. The van der Waals surface area contributed by atoms with E-state index in [0.717, 1.165) is 6.07 Å². The van der Waals surface area contributed by atoms with Crippen LogP contribution in [0, 0.1) is 10.1 Å². The van der Waals surface area contributed by atoms with Crippen molar-refractivity contribution in [3.05, 3.63) is 58.1 Å². The summed E-state index contributed by atoms with van der Waals surface area (Å²) >= 11 is 0. The molecule has 1 atom stereocenters. The minimum Gasteiger partial charge on any atom is -0.495 e. The van der Waals surface area contributed by atoms with Gasteiger partial charge in [0.25, 0.3) is 11.6 Å². The number of nitro groups is 1. The van der Waals surface area contributed by atoms with E-state index in [1.807, 2.05) is 6.92 Å². The third-order valence-corrected chi connectivity index (χ3v) is 3.71. The number of ether oxygens (including phenoxy) is 3. The highest BCUT2D eigenvalue weighted by atomic mass is 16.6. The van der Waals surface area contributed by atoms with Crippen molar-refractivity contribution in [2.24, 2.45) is 0 Å². The quantitative estimate of drug-likeness (QED) is 0.419. The number of carbonyl (C=O) groups is 2. The summed E-state index contributed by atoms with van der Waals surface area (Å²) in [6.45, 7) is 3.74. The van der Waals surface area contributed by atoms with E-state index in [-0.39, 0.29) is 22.7 Å². The minimum absolute atomic E-state index is 0.102. The van der Waals surface area contributed by atoms with Gasteiger partial charge in [-0.05, 0) is 44.2 Å². The van der Waals surface area contributed by atoms with Crippen LogP contribution in [-0.2, 0) is 9.53 Å². The Bertz CT molecular complexity index is 865. The molecule has 148 valence electrons. The van der Waals surface area contributed by atoms with Crippen molar-refractivity contribution in [1.82, 2.24) is 0 Å². The van der Waals surface area contributed by atoms with E-state index < -0.39 is 22.9 Å². The molecule has 0 bridgehead atoms. The molecule has 9 nitrogen and oxygen atoms in total. The van der Waals surface area contributed by atoms with Gasteiger partial charge in [-0.1, -0.05) is 0 Å². The van der Waals surface area contributed by atoms with Crippen LogP contribution >= 0.6 is 0 Å². The Hall–Kier alpha value is -3.62. The second-order valence-corrected chi connectivity index (χ2v) is 5.64. The average molecular weight is 388 g/mol. The van der Waals surface area contributed by atoms with Crippen molar-refractivity contribution in [2.45, 2.75) is 20.0 Å². The normalized spacial score (nSPS) is 11.2. The van der Waals surface area contributed by atoms with E-state index in [1.165, 1.54) is 38.3 Å². The fourth-order valence-corrected chi connectivity index (χ4v) is 2.28. The molecule has 0 spiro atoms. The van der Waals surface area contributed by atoms with E-state index in [1.54, 1.807) is 12.1 Å². The molecule has 0 heterocycles. The van der Waals surface area contributed by atoms with Gasteiger partial charge in [0.05, 0.1) is 29.9 Å². The second-order valence-electron chi connectivity index (χ2n) is 5.64. The van der Waals surface area contributed by atoms with Gasteiger partial charge in [-0.3, -0.25) is 14.9 Å². The Kier molecular flexibility index (Phi) is 6.91. The molecule has 1 amide bonds. The van der Waals surface area contributed by atoms with Crippen LogP contribution in [0.25, 0.3) is 0 Å². The zero-order valence-electron chi connectivity index (χ0n) is 15.6. The van der Waals surface area contributed by atoms with E-state index in [9.17, 15) is 19.7 Å². The lowest BCUT2D eigenvalue weighted by atomic mass is 10.2. The molecule has 2 aromatic rings. The number of esters is 1. The Morgan fingerprint density at radius 1 is 1.18 bits per heavy atom. The van der Waals surface area contributed by atoms with Crippen molar-refractivity contribution >= 4 is 23.3 Å². The number of methoxy groups -OCH3 is 1. The first-order valence-corrected chi connectivity index (χ1v) is 8.42. The molecule has 0 saturated carbocycles. The van der Waals surface area contributed by atoms with E-state index >= 15 is 0 Å². The van der Waals surface area contributed by atoms with Gasteiger partial charge in [0.2, 0.25) is 0 Å². The van der Waals surface area contributed by atoms with Crippen molar-refractivity contribution < 1.29 is 28.7 Å². The predicted octanol–water partition coefficient (Wildman–Crippen LogP) is 3.19. The number of anilines is 1. The number of nitro benzene ring substituents is 1. The lowest BCUT2D eigenvalue weighted by Crippen LogP contribution is -2.30. The van der Waals surface area contributed by atoms with Crippen LogP contribution in [0.4, 0.5) is 11.4 Å². The van der Waals surface area contributed by atoms with Gasteiger partial charge in [-0.15, -0.1) is 0 Å². The summed E-state index contributed by atoms with van der Waals surface area (Å²) < 4.78 is 15.5. The lowest BCUT2D eigenvalue weighted by molar-refractivity contribution is -0.384. The van der Waals surface area contributed by atoms with Crippen LogP contribution in [0.3, 0.4) is 0 Å². The summed E-state index contributed by atoms with van der Waals surface area (Å²) in [6, 6.07) is 10.1. The third-order valence-electron chi connectivity index (χ3n) is 3.71. The van der Waals surface area contributed by atoms with Crippen LogP contribution < -0.4 is 14.8 Å². The SMILES string of the molecule is CCOc1ccc(C(=O)O[C@@H](C)C(=O)Nc2cc([N+](=O)[O-])ccc2OC)cc1. The molecule has 0 aromatic heterocycles. The van der Waals surface area contributed by atoms with Crippen molar-refractivity contribution in [3.8, 4) is 11.5 Å². The highest BCUT2D eigenvalue weighted by Gasteiger charge is 2.21. The van der Waals surface area contributed by atoms with Crippen LogP contribution in [0.1, 0.15) is 24.2 Å². The van der Waals surface area contributed by atoms with E-state index in [0.29, 0.717) is 12.4 Å². The summed E-state index contributed by atoms with van der Waals surface area (Å²) in [4.78, 5) is 34.8. The number of non-ortho nitro benzene ring substituents is 1. The van der Waals surface area contributed by atoms with Crippen LogP contribution in [-0.4, -0.2) is 36.6 Å². The largest absolute Gasteiger partial charge is 0.495 e. The molecule has 0 unspecified atom stereocenters. The molecule has 2 rings (SSSR count). The highest BCUT2D eigenvalue weighted by Crippen LogP contribution is 2.29. The minimum atomic E-state index is -1.14. The number of nitrogens with one attached hydrogen (secondary N) is 1. The first kappa shape index (κ1) is 20.7. The number of rotatable bonds is 8. The summed E-state index contributed by atoms with van der Waals surface area (Å²) in [5, 5.41) is 13.4. The summed E-state index contributed by atoms with van der Waals surface area (Å²) in [5.41, 5.74) is 0.150. The van der Waals surface area contributed by atoms with Crippen LogP contribution in [0.2, 0.25) is 0 Å². The fourth-order valence-electron chi connectivity index (χ4n) is 2.28. The Morgan fingerprint density at radius 3 is 2.43 bits per heavy atom. The molecular weight excluding hydrogens is 368 g/mol. The first-order valence-electron chi connectivity index (χ1n) is 8.42. The zero-order valence-corrected chi connectivity index (χ0v) is 15.6. The maximum atomic E-state index is 12.3. The molecule has 0 fully saturated rings. The third kappa shape index (κ3) is 5.19. The van der Waals surface area contributed by atoms with Gasteiger partial charge in [0.15, 0.2) is 6.10 Å². The topological polar surface area (TPSA) is 117 Å². The fraction of sp³-hybridized carbons (Fsp3) is 0.263. The molecule has 9 heteroatoms. The number of amides is 1. The summed E-state index contributed by atoms with van der Waals surface area (Å²) in [7, 11) is 1.37. The van der Waals surface area contributed by atoms with Crippen LogP contribution in [0.15, 0.2) is 42.5 Å². The predicted molar refractivity (Wildman–Crippen MR) is 101 cm³/mol. The maximum absolute atomic E-state index is 12.3. The number of benzene rings is 2. The Balaban J connectivity index is 2.05. The van der Waals surface area contributed by atoms with E-state index in [2.05, 4.69) is 5.32 Å². The zero-order chi connectivity index (χ0) is 20.7. The summed E-state index contributed by atoms with van der Waals surface area (Å²) in [6.07, 6.45) is -1.14. The van der Waals surface area contributed by atoms with Gasteiger partial charge >= 0.3 is 5.97 Å². The van der Waals surface area contributed by atoms with Crippen molar-refractivity contribution in [3.63, 3.8) is 0 Å². The van der Waals surface area contributed by atoms with Gasteiger partial charge in [0.1, 0.15) is 11.5 Å². The molecule has 1 N–H and O–H groups in total. The van der Waals surface area contributed by atoms with Gasteiger partial charge in [-0.2, -0.15) is 0 Å². The van der Waals surface area contributed by atoms with Crippen molar-refractivity contribution in [2.75, 3.05) is 19.0 Å². The lowest BCUT2D eigenvalue weighted by Gasteiger charge is -2.15. The second kappa shape index (κ2) is 9.36. The van der Waals surface area contributed by atoms with Gasteiger partial charge < -0.3 is 19.5 Å². The summed E-state index contributed by atoms with van der Waals surface area (Å²) in [5.74, 6) is -0.485. The van der Waals surface area contributed by atoms with Crippen molar-refractivity contribution in [1.29, 1.82) is 0 Å². The maximum Gasteiger partial charge on any atom is 0.338 e. The number of hydrogen-bond donors (Lipinski definition) is 1. The molecule has 0 radical (unpaired) electrons. The monoisotopic (exact) mass is 388 g/mol. The smallest absolute Gasteiger partial charge is 0.338 e. The Morgan fingerprint density at radius 2 is 1.86 bits per heavy atom. The molecule has 0 aliphatic rings. The van der Waals surface area contributed by atoms with Gasteiger partial charge in [0, 0.05) is 12.1 Å². The van der Waals surface area contributed by atoms with E-state index in [4.69, 9.17) is 14.2 Å². The molecule has 2 aromatic carbocycles. The molecule has 0 aliphatic heterocycles. The molecule has 0 aliphatic carbocycles. The number of carbonyl (C=O) groups excluding carboxylic acids is 2. The molecular formula is C19H20N2O7. The molecule has 0 saturated heterocycles. The number of nitrogens with zero attached hydrogens (tertiary/aromatic N) is 1.